The Kier molecular flexibility index (Phi) is 5.22. The lowest BCUT2D eigenvalue weighted by atomic mass is 10.1. The average Bonchev–Trinajstić information content (AvgIpc) is 2.99. The van der Waals surface area contributed by atoms with Gasteiger partial charge in [-0.3, -0.25) is 19.1 Å². The number of fused-ring (bicyclic) bond motifs is 1. The average molecular weight is 388 g/mol. The van der Waals surface area contributed by atoms with Crippen molar-refractivity contribution in [2.24, 2.45) is 7.05 Å². The van der Waals surface area contributed by atoms with E-state index in [1.165, 1.54) is 23.4 Å². The number of esters is 1. The topological polar surface area (TPSA) is 99.0 Å². The number of H-pyrrole nitrogens is 1. The Labute approximate surface area is 159 Å². The summed E-state index contributed by atoms with van der Waals surface area (Å²) in [4.78, 5) is 43.0. The van der Waals surface area contributed by atoms with E-state index in [9.17, 15) is 14.4 Å². The lowest BCUT2D eigenvalue weighted by Crippen LogP contribution is -2.29. The highest BCUT2D eigenvalue weighted by atomic mass is 32.2. The van der Waals surface area contributed by atoms with Crippen LogP contribution in [-0.2, 0) is 23.1 Å². The maximum atomic E-state index is 12.5. The normalized spacial score (nSPS) is 12.3. The Morgan fingerprint density at radius 2 is 1.96 bits per heavy atom. The fraction of sp³-hybridized carbons (Fsp3) is 0.333. The van der Waals surface area contributed by atoms with Crippen LogP contribution < -0.4 is 11.2 Å². The highest BCUT2D eigenvalue weighted by Gasteiger charge is 2.22. The van der Waals surface area contributed by atoms with Crippen molar-refractivity contribution in [2.75, 3.05) is 7.11 Å². The molecule has 0 aliphatic rings. The van der Waals surface area contributed by atoms with Gasteiger partial charge in [-0.05, 0) is 19.4 Å². The van der Waals surface area contributed by atoms with Crippen LogP contribution in [0.1, 0.15) is 18.1 Å². The molecule has 0 aliphatic carbocycles. The number of carbonyl (C=O) groups is 1. The number of aromatic nitrogens is 4. The molecular weight excluding hydrogens is 368 g/mol. The molecule has 0 aliphatic heterocycles. The third-order valence-corrected chi connectivity index (χ3v) is 5.32. The van der Waals surface area contributed by atoms with Gasteiger partial charge >= 0.3 is 11.7 Å². The van der Waals surface area contributed by atoms with E-state index in [-0.39, 0.29) is 11.2 Å². The number of aromatic amines is 1. The van der Waals surface area contributed by atoms with E-state index in [1.807, 2.05) is 31.2 Å². The summed E-state index contributed by atoms with van der Waals surface area (Å²) in [6.45, 7) is 4.08. The molecule has 142 valence electrons. The number of methoxy groups -OCH3 is 1. The van der Waals surface area contributed by atoms with Crippen molar-refractivity contribution in [2.45, 2.75) is 30.8 Å². The minimum atomic E-state index is -0.537. The third-order valence-electron chi connectivity index (χ3n) is 4.25. The van der Waals surface area contributed by atoms with Crippen LogP contribution in [0.4, 0.5) is 0 Å². The van der Waals surface area contributed by atoms with Crippen molar-refractivity contribution >= 4 is 28.9 Å². The third kappa shape index (κ3) is 3.68. The molecule has 0 fully saturated rings. The molecule has 0 spiro atoms. The second-order valence-corrected chi connectivity index (χ2v) is 7.55. The fourth-order valence-corrected chi connectivity index (χ4v) is 3.63. The second-order valence-electron chi connectivity index (χ2n) is 6.24. The number of aryl methyl sites for hydroxylation is 2. The number of hydrogen-bond donors (Lipinski definition) is 1. The number of rotatable bonds is 5. The summed E-state index contributed by atoms with van der Waals surface area (Å²) in [7, 11) is 2.87. The number of ether oxygens (including phenoxy) is 1. The van der Waals surface area contributed by atoms with Crippen molar-refractivity contribution in [1.82, 2.24) is 19.1 Å². The summed E-state index contributed by atoms with van der Waals surface area (Å²) in [6.07, 6.45) is 0. The monoisotopic (exact) mass is 388 g/mol. The number of carbonyl (C=O) groups excluding carboxylic acids is 1. The van der Waals surface area contributed by atoms with E-state index in [2.05, 4.69) is 9.97 Å². The molecule has 0 amide bonds. The Balaban J connectivity index is 2.17. The van der Waals surface area contributed by atoms with E-state index in [0.29, 0.717) is 11.7 Å². The van der Waals surface area contributed by atoms with E-state index >= 15 is 0 Å². The first-order valence-corrected chi connectivity index (χ1v) is 9.19. The maximum absolute atomic E-state index is 12.5. The van der Waals surface area contributed by atoms with E-state index < -0.39 is 22.5 Å². The molecule has 1 atom stereocenters. The van der Waals surface area contributed by atoms with Gasteiger partial charge in [0, 0.05) is 7.05 Å². The second kappa shape index (κ2) is 7.43. The molecular formula is C18H20N4O4S. The van der Waals surface area contributed by atoms with Crippen LogP contribution in [-0.4, -0.2) is 37.4 Å². The Morgan fingerprint density at radius 3 is 2.59 bits per heavy atom. The summed E-state index contributed by atoms with van der Waals surface area (Å²) in [5.74, 6) is -0.392. The van der Waals surface area contributed by atoms with E-state index in [1.54, 1.807) is 18.5 Å². The van der Waals surface area contributed by atoms with Gasteiger partial charge in [0.1, 0.15) is 5.25 Å². The van der Waals surface area contributed by atoms with Crippen molar-refractivity contribution in [1.29, 1.82) is 0 Å². The first-order chi connectivity index (χ1) is 12.8. The van der Waals surface area contributed by atoms with Crippen LogP contribution in [0.2, 0.25) is 0 Å². The quantitative estimate of drug-likeness (QED) is 0.524. The zero-order valence-electron chi connectivity index (χ0n) is 15.5. The number of nitrogens with zero attached hydrogens (tertiary/aromatic N) is 3. The zero-order valence-corrected chi connectivity index (χ0v) is 16.3. The molecule has 1 aromatic carbocycles. The molecule has 0 radical (unpaired) electrons. The SMILES string of the molecule is COC(=O)[C@@H](C)Sc1nc2c(c(=O)[nH]c(=O)n2C)n1Cc1ccc(C)cc1. The lowest BCUT2D eigenvalue weighted by molar-refractivity contribution is -0.139. The molecule has 27 heavy (non-hydrogen) atoms. The van der Waals surface area contributed by atoms with Gasteiger partial charge < -0.3 is 9.30 Å². The van der Waals surface area contributed by atoms with Gasteiger partial charge in [-0.1, -0.05) is 41.6 Å². The number of imidazole rings is 1. The summed E-state index contributed by atoms with van der Waals surface area (Å²) >= 11 is 1.18. The van der Waals surface area contributed by atoms with Gasteiger partial charge in [0.2, 0.25) is 0 Å². The number of thioether (sulfide) groups is 1. The standard InChI is InChI=1S/C18H20N4O4S/c1-10-5-7-12(8-6-10)9-22-13-14(21(3)17(25)20-15(13)23)19-18(22)27-11(2)16(24)26-4/h5-8,11H,9H2,1-4H3,(H,20,23,25)/t11-/m1/s1. The predicted molar refractivity (Wildman–Crippen MR) is 103 cm³/mol. The molecule has 0 saturated heterocycles. The first kappa shape index (κ1) is 19.0. The summed E-state index contributed by atoms with van der Waals surface area (Å²) in [5, 5.41) is -0.0464. The smallest absolute Gasteiger partial charge is 0.329 e. The minimum Gasteiger partial charge on any atom is -0.468 e. The first-order valence-electron chi connectivity index (χ1n) is 8.31. The van der Waals surface area contributed by atoms with Gasteiger partial charge in [0.05, 0.1) is 13.7 Å². The largest absolute Gasteiger partial charge is 0.468 e. The van der Waals surface area contributed by atoms with Gasteiger partial charge in [-0.2, -0.15) is 0 Å². The van der Waals surface area contributed by atoms with Crippen molar-refractivity contribution < 1.29 is 9.53 Å². The maximum Gasteiger partial charge on any atom is 0.329 e. The lowest BCUT2D eigenvalue weighted by Gasteiger charge is -2.11. The summed E-state index contributed by atoms with van der Waals surface area (Å²) in [5.41, 5.74) is 1.62. The van der Waals surface area contributed by atoms with E-state index in [4.69, 9.17) is 4.74 Å². The molecule has 0 saturated carbocycles. The Bertz CT molecular complexity index is 1110. The van der Waals surface area contributed by atoms with Crippen molar-refractivity contribution in [3.63, 3.8) is 0 Å². The van der Waals surface area contributed by atoms with Crippen LogP contribution in [0, 0.1) is 6.92 Å². The van der Waals surface area contributed by atoms with Crippen LogP contribution in [0.5, 0.6) is 0 Å². The predicted octanol–water partition coefficient (Wildman–Crippen LogP) is 1.43. The van der Waals surface area contributed by atoms with Crippen LogP contribution in [0.3, 0.4) is 0 Å². The molecule has 3 aromatic rings. The Hall–Kier alpha value is -2.81. The van der Waals surface area contributed by atoms with Gasteiger partial charge in [-0.15, -0.1) is 0 Å². The summed E-state index contributed by atoms with van der Waals surface area (Å²) in [6, 6.07) is 7.90. The van der Waals surface area contributed by atoms with Crippen molar-refractivity contribution in [3.8, 4) is 0 Å². The minimum absolute atomic E-state index is 0.274. The number of benzene rings is 1. The van der Waals surface area contributed by atoms with E-state index in [0.717, 1.165) is 11.1 Å². The highest BCUT2D eigenvalue weighted by molar-refractivity contribution is 8.00. The molecule has 9 heteroatoms. The van der Waals surface area contributed by atoms with Crippen LogP contribution in [0.15, 0.2) is 39.0 Å². The molecule has 2 aromatic heterocycles. The molecule has 1 N–H and O–H groups in total. The molecule has 0 unspecified atom stereocenters. The molecule has 3 rings (SSSR count). The van der Waals surface area contributed by atoms with Gasteiger partial charge in [0.25, 0.3) is 5.56 Å². The summed E-state index contributed by atoms with van der Waals surface area (Å²) < 4.78 is 7.79. The van der Waals surface area contributed by atoms with Crippen LogP contribution in [0.25, 0.3) is 11.2 Å². The van der Waals surface area contributed by atoms with Gasteiger partial charge in [-0.25, -0.2) is 9.78 Å². The number of nitrogens with one attached hydrogen (secondary N) is 1. The Morgan fingerprint density at radius 1 is 1.30 bits per heavy atom. The molecule has 0 bridgehead atoms. The molecule has 2 heterocycles. The number of hydrogen-bond acceptors (Lipinski definition) is 6. The molecule has 8 nitrogen and oxygen atoms in total. The highest BCUT2D eigenvalue weighted by Crippen LogP contribution is 2.27. The van der Waals surface area contributed by atoms with Crippen LogP contribution >= 0.6 is 11.8 Å². The van der Waals surface area contributed by atoms with Gasteiger partial charge in [0.15, 0.2) is 16.3 Å². The fourth-order valence-electron chi connectivity index (χ4n) is 2.70. The van der Waals surface area contributed by atoms with Crippen molar-refractivity contribution in [3.05, 3.63) is 56.2 Å². The zero-order chi connectivity index (χ0) is 19.7.